The summed E-state index contributed by atoms with van der Waals surface area (Å²) in [6, 6.07) is 12.0. The van der Waals surface area contributed by atoms with Gasteiger partial charge in [0.2, 0.25) is 0 Å². The fraction of sp³-hybridized carbons (Fsp3) is 0.235. The molecule has 23 heavy (non-hydrogen) atoms. The third-order valence-corrected chi connectivity index (χ3v) is 3.54. The number of benzene rings is 2. The Labute approximate surface area is 140 Å². The molecule has 0 bridgehead atoms. The first-order chi connectivity index (χ1) is 11.0. The SMILES string of the molecule is COc1cc(NC(=O)N[C@H](C)c2cccc(Cl)c2)cc(OC)c1. The van der Waals surface area contributed by atoms with E-state index in [0.717, 1.165) is 5.56 Å². The number of anilines is 1. The van der Waals surface area contributed by atoms with E-state index in [4.69, 9.17) is 21.1 Å². The van der Waals surface area contributed by atoms with Crippen LogP contribution in [0.25, 0.3) is 0 Å². The van der Waals surface area contributed by atoms with Crippen LogP contribution >= 0.6 is 11.6 Å². The van der Waals surface area contributed by atoms with Crippen molar-refractivity contribution in [2.24, 2.45) is 0 Å². The number of ether oxygens (including phenoxy) is 2. The van der Waals surface area contributed by atoms with E-state index in [1.807, 2.05) is 25.1 Å². The second-order valence-corrected chi connectivity index (χ2v) is 5.41. The summed E-state index contributed by atoms with van der Waals surface area (Å²) < 4.78 is 10.4. The number of carbonyl (C=O) groups is 1. The number of halogens is 1. The van der Waals surface area contributed by atoms with E-state index in [2.05, 4.69) is 10.6 Å². The Morgan fingerprint density at radius 1 is 1.09 bits per heavy atom. The van der Waals surface area contributed by atoms with Crippen LogP contribution in [0, 0.1) is 0 Å². The largest absolute Gasteiger partial charge is 0.497 e. The molecule has 2 amide bonds. The Hall–Kier alpha value is -2.40. The fourth-order valence-corrected chi connectivity index (χ4v) is 2.30. The lowest BCUT2D eigenvalue weighted by Crippen LogP contribution is -2.31. The Bertz CT molecular complexity index is 669. The van der Waals surface area contributed by atoms with Gasteiger partial charge in [0.1, 0.15) is 11.5 Å². The van der Waals surface area contributed by atoms with Gasteiger partial charge in [-0.2, -0.15) is 0 Å². The topological polar surface area (TPSA) is 59.6 Å². The van der Waals surface area contributed by atoms with Crippen molar-refractivity contribution in [1.29, 1.82) is 0 Å². The molecule has 0 aliphatic rings. The molecule has 0 aliphatic heterocycles. The third kappa shape index (κ3) is 4.79. The Morgan fingerprint density at radius 2 is 1.74 bits per heavy atom. The Morgan fingerprint density at radius 3 is 2.30 bits per heavy atom. The number of urea groups is 1. The van der Waals surface area contributed by atoms with Gasteiger partial charge < -0.3 is 20.1 Å². The summed E-state index contributed by atoms with van der Waals surface area (Å²) >= 11 is 5.97. The molecule has 0 radical (unpaired) electrons. The minimum absolute atomic E-state index is 0.179. The number of nitrogens with one attached hydrogen (secondary N) is 2. The number of carbonyl (C=O) groups excluding carboxylic acids is 1. The number of hydrogen-bond donors (Lipinski definition) is 2. The van der Waals surface area contributed by atoms with E-state index >= 15 is 0 Å². The molecule has 0 aliphatic carbocycles. The van der Waals surface area contributed by atoms with Crippen LogP contribution in [0.3, 0.4) is 0 Å². The average Bonchev–Trinajstić information content (AvgIpc) is 2.54. The van der Waals surface area contributed by atoms with Crippen LogP contribution in [-0.2, 0) is 0 Å². The van der Waals surface area contributed by atoms with Crippen molar-refractivity contribution >= 4 is 23.3 Å². The zero-order valence-corrected chi connectivity index (χ0v) is 14.0. The minimum Gasteiger partial charge on any atom is -0.497 e. The van der Waals surface area contributed by atoms with Gasteiger partial charge in [-0.3, -0.25) is 0 Å². The summed E-state index contributed by atoms with van der Waals surface area (Å²) in [4.78, 5) is 12.1. The molecule has 0 heterocycles. The van der Waals surface area contributed by atoms with Gasteiger partial charge in [0.15, 0.2) is 0 Å². The van der Waals surface area contributed by atoms with Gasteiger partial charge in [-0.1, -0.05) is 23.7 Å². The second kappa shape index (κ2) is 7.74. The summed E-state index contributed by atoms with van der Waals surface area (Å²) in [5, 5.41) is 6.25. The third-order valence-electron chi connectivity index (χ3n) is 3.31. The molecule has 5 nitrogen and oxygen atoms in total. The first-order valence-corrected chi connectivity index (χ1v) is 7.45. The smallest absolute Gasteiger partial charge is 0.319 e. The van der Waals surface area contributed by atoms with Crippen LogP contribution < -0.4 is 20.1 Å². The van der Waals surface area contributed by atoms with Crippen molar-refractivity contribution in [3.05, 3.63) is 53.1 Å². The summed E-state index contributed by atoms with van der Waals surface area (Å²) in [5.41, 5.74) is 1.51. The normalized spacial score (nSPS) is 11.5. The molecule has 0 unspecified atom stereocenters. The van der Waals surface area contributed by atoms with E-state index in [1.54, 1.807) is 38.5 Å². The number of amides is 2. The molecule has 1 atom stereocenters. The summed E-state index contributed by atoms with van der Waals surface area (Å²) in [5.74, 6) is 1.20. The standard InChI is InChI=1S/C17H19ClN2O3/c1-11(12-5-4-6-13(18)7-12)19-17(21)20-14-8-15(22-2)10-16(9-14)23-3/h4-11H,1-3H3,(H2,19,20,21)/t11-/m1/s1. The molecule has 2 aromatic rings. The Kier molecular flexibility index (Phi) is 5.71. The molecule has 0 aromatic heterocycles. The number of rotatable bonds is 5. The number of methoxy groups -OCH3 is 2. The molecule has 0 fully saturated rings. The van der Waals surface area contributed by atoms with Crippen molar-refractivity contribution < 1.29 is 14.3 Å². The maximum absolute atomic E-state index is 12.1. The van der Waals surface area contributed by atoms with Gasteiger partial charge in [-0.15, -0.1) is 0 Å². The summed E-state index contributed by atoms with van der Waals surface area (Å²) in [6.07, 6.45) is 0. The van der Waals surface area contributed by atoms with E-state index < -0.39 is 0 Å². The minimum atomic E-state index is -0.326. The van der Waals surface area contributed by atoms with Crippen LogP contribution in [0.2, 0.25) is 5.02 Å². The van der Waals surface area contributed by atoms with Crippen molar-refractivity contribution in [3.63, 3.8) is 0 Å². The predicted molar refractivity (Wildman–Crippen MR) is 91.6 cm³/mol. The van der Waals surface area contributed by atoms with Gasteiger partial charge in [0, 0.05) is 28.9 Å². The first kappa shape index (κ1) is 17.0. The molecule has 6 heteroatoms. The average molecular weight is 335 g/mol. The molecule has 0 spiro atoms. The summed E-state index contributed by atoms with van der Waals surface area (Å²) in [7, 11) is 3.11. The lowest BCUT2D eigenvalue weighted by molar-refractivity contribution is 0.249. The van der Waals surface area contributed by atoms with Crippen molar-refractivity contribution in [2.75, 3.05) is 19.5 Å². The lowest BCUT2D eigenvalue weighted by Gasteiger charge is -2.16. The first-order valence-electron chi connectivity index (χ1n) is 7.08. The highest BCUT2D eigenvalue weighted by Gasteiger charge is 2.11. The van der Waals surface area contributed by atoms with Gasteiger partial charge in [0.05, 0.1) is 20.3 Å². The highest BCUT2D eigenvalue weighted by molar-refractivity contribution is 6.30. The zero-order valence-electron chi connectivity index (χ0n) is 13.2. The Balaban J connectivity index is 2.04. The number of hydrogen-bond acceptors (Lipinski definition) is 3. The van der Waals surface area contributed by atoms with E-state index in [-0.39, 0.29) is 12.1 Å². The highest BCUT2D eigenvalue weighted by Crippen LogP contribution is 2.26. The predicted octanol–water partition coefficient (Wildman–Crippen LogP) is 4.24. The monoisotopic (exact) mass is 334 g/mol. The molecule has 2 rings (SSSR count). The molecule has 0 saturated heterocycles. The van der Waals surface area contributed by atoms with Gasteiger partial charge in [-0.25, -0.2) is 4.79 Å². The van der Waals surface area contributed by atoms with Crippen molar-refractivity contribution in [2.45, 2.75) is 13.0 Å². The molecule has 2 aromatic carbocycles. The van der Waals surface area contributed by atoms with Gasteiger partial charge in [0.25, 0.3) is 0 Å². The molecular formula is C17H19ClN2O3. The van der Waals surface area contributed by atoms with E-state index in [9.17, 15) is 4.79 Å². The van der Waals surface area contributed by atoms with E-state index in [1.165, 1.54) is 0 Å². The maximum atomic E-state index is 12.1. The zero-order chi connectivity index (χ0) is 16.8. The van der Waals surface area contributed by atoms with Gasteiger partial charge in [-0.05, 0) is 24.6 Å². The van der Waals surface area contributed by atoms with Crippen molar-refractivity contribution in [1.82, 2.24) is 5.32 Å². The maximum Gasteiger partial charge on any atom is 0.319 e. The van der Waals surface area contributed by atoms with Crippen LogP contribution in [0.15, 0.2) is 42.5 Å². The summed E-state index contributed by atoms with van der Waals surface area (Å²) in [6.45, 7) is 1.89. The second-order valence-electron chi connectivity index (χ2n) is 4.98. The van der Waals surface area contributed by atoms with Gasteiger partial charge >= 0.3 is 6.03 Å². The highest BCUT2D eigenvalue weighted by atomic mass is 35.5. The molecule has 0 saturated carbocycles. The van der Waals surface area contributed by atoms with Crippen LogP contribution in [-0.4, -0.2) is 20.3 Å². The fourth-order valence-electron chi connectivity index (χ4n) is 2.10. The molecular weight excluding hydrogens is 316 g/mol. The van der Waals surface area contributed by atoms with Crippen molar-refractivity contribution in [3.8, 4) is 11.5 Å². The van der Waals surface area contributed by atoms with Crippen LogP contribution in [0.5, 0.6) is 11.5 Å². The van der Waals surface area contributed by atoms with E-state index in [0.29, 0.717) is 22.2 Å². The quantitative estimate of drug-likeness (QED) is 0.859. The van der Waals surface area contributed by atoms with Crippen LogP contribution in [0.4, 0.5) is 10.5 Å². The van der Waals surface area contributed by atoms with Crippen LogP contribution in [0.1, 0.15) is 18.5 Å². The molecule has 122 valence electrons. The molecule has 2 N–H and O–H groups in total. The lowest BCUT2D eigenvalue weighted by atomic mass is 10.1.